The zero-order valence-electron chi connectivity index (χ0n) is 10.8. The van der Waals surface area contributed by atoms with E-state index in [1.807, 2.05) is 31.2 Å². The monoisotopic (exact) mass is 295 g/mol. The van der Waals surface area contributed by atoms with Gasteiger partial charge in [0.1, 0.15) is 5.75 Å². The SMILES string of the molecule is COc1cc(C)ccc1C(N)c1ccc(Cl)c(Cl)c1. The molecular formula is C15H15Cl2NO. The minimum Gasteiger partial charge on any atom is -0.496 e. The van der Waals surface area contributed by atoms with Gasteiger partial charge in [-0.3, -0.25) is 0 Å². The topological polar surface area (TPSA) is 35.2 Å². The van der Waals surface area contributed by atoms with Crippen molar-refractivity contribution < 1.29 is 4.74 Å². The molecule has 0 aliphatic heterocycles. The molecule has 0 aliphatic carbocycles. The number of methoxy groups -OCH3 is 1. The number of hydrogen-bond donors (Lipinski definition) is 1. The van der Waals surface area contributed by atoms with Crippen LogP contribution < -0.4 is 10.5 Å². The summed E-state index contributed by atoms with van der Waals surface area (Å²) in [5, 5.41) is 1.02. The number of nitrogens with two attached hydrogens (primary N) is 1. The molecule has 4 heteroatoms. The van der Waals surface area contributed by atoms with E-state index in [2.05, 4.69) is 0 Å². The van der Waals surface area contributed by atoms with Gasteiger partial charge in [-0.1, -0.05) is 41.4 Å². The lowest BCUT2D eigenvalue weighted by Gasteiger charge is -2.17. The Kier molecular flexibility index (Phi) is 4.35. The van der Waals surface area contributed by atoms with Gasteiger partial charge in [0.25, 0.3) is 0 Å². The molecule has 0 saturated carbocycles. The van der Waals surface area contributed by atoms with Gasteiger partial charge < -0.3 is 10.5 Å². The fourth-order valence-corrected chi connectivity index (χ4v) is 2.27. The molecule has 0 heterocycles. The lowest BCUT2D eigenvalue weighted by atomic mass is 9.98. The van der Waals surface area contributed by atoms with Crippen LogP contribution in [0, 0.1) is 6.92 Å². The molecule has 0 spiro atoms. The molecule has 0 aromatic heterocycles. The number of halogens is 2. The first kappa shape index (κ1) is 14.2. The fraction of sp³-hybridized carbons (Fsp3) is 0.200. The molecular weight excluding hydrogens is 281 g/mol. The molecule has 0 fully saturated rings. The van der Waals surface area contributed by atoms with Crippen LogP contribution in [0.3, 0.4) is 0 Å². The van der Waals surface area contributed by atoms with Gasteiger partial charge in [0.2, 0.25) is 0 Å². The summed E-state index contributed by atoms with van der Waals surface area (Å²) in [6, 6.07) is 11.1. The first-order valence-electron chi connectivity index (χ1n) is 5.88. The second-order valence-electron chi connectivity index (χ2n) is 4.40. The van der Waals surface area contributed by atoms with Crippen LogP contribution >= 0.6 is 23.2 Å². The second-order valence-corrected chi connectivity index (χ2v) is 5.21. The number of rotatable bonds is 3. The van der Waals surface area contributed by atoms with Gasteiger partial charge in [0, 0.05) is 5.56 Å². The molecule has 0 radical (unpaired) electrons. The molecule has 2 nitrogen and oxygen atoms in total. The van der Waals surface area contributed by atoms with Crippen LogP contribution in [0.25, 0.3) is 0 Å². The largest absolute Gasteiger partial charge is 0.496 e. The van der Waals surface area contributed by atoms with E-state index in [0.29, 0.717) is 10.0 Å². The molecule has 1 unspecified atom stereocenters. The molecule has 2 N–H and O–H groups in total. The third-order valence-electron chi connectivity index (χ3n) is 3.03. The first-order chi connectivity index (χ1) is 9.02. The first-order valence-corrected chi connectivity index (χ1v) is 6.63. The Morgan fingerprint density at radius 3 is 2.42 bits per heavy atom. The molecule has 2 aromatic rings. The zero-order valence-corrected chi connectivity index (χ0v) is 12.3. The van der Waals surface area contributed by atoms with Crippen molar-refractivity contribution in [3.05, 3.63) is 63.1 Å². The Morgan fingerprint density at radius 2 is 1.79 bits per heavy atom. The van der Waals surface area contributed by atoms with E-state index in [1.165, 1.54) is 0 Å². The smallest absolute Gasteiger partial charge is 0.124 e. The third-order valence-corrected chi connectivity index (χ3v) is 3.77. The normalized spacial score (nSPS) is 12.3. The Morgan fingerprint density at radius 1 is 1.05 bits per heavy atom. The molecule has 0 bridgehead atoms. The van der Waals surface area contributed by atoms with E-state index in [0.717, 1.165) is 22.4 Å². The summed E-state index contributed by atoms with van der Waals surface area (Å²) in [7, 11) is 1.64. The second kappa shape index (κ2) is 5.83. The standard InChI is InChI=1S/C15H15Cl2NO/c1-9-3-5-11(14(7-9)19-2)15(18)10-4-6-12(16)13(17)8-10/h3-8,15H,18H2,1-2H3. The van der Waals surface area contributed by atoms with Crippen molar-refractivity contribution in [2.45, 2.75) is 13.0 Å². The number of aryl methyl sites for hydroxylation is 1. The average Bonchev–Trinajstić information content (AvgIpc) is 2.41. The predicted molar refractivity (Wildman–Crippen MR) is 80.2 cm³/mol. The highest BCUT2D eigenvalue weighted by Crippen LogP contribution is 2.32. The molecule has 1 atom stereocenters. The van der Waals surface area contributed by atoms with Gasteiger partial charge in [0.15, 0.2) is 0 Å². The number of benzene rings is 2. The van der Waals surface area contributed by atoms with Crippen LogP contribution in [-0.2, 0) is 0 Å². The van der Waals surface area contributed by atoms with Crippen LogP contribution in [0.1, 0.15) is 22.7 Å². The molecule has 2 rings (SSSR count). The minimum atomic E-state index is -0.301. The van der Waals surface area contributed by atoms with Crippen molar-refractivity contribution in [2.24, 2.45) is 5.73 Å². The molecule has 19 heavy (non-hydrogen) atoms. The summed E-state index contributed by atoms with van der Waals surface area (Å²) in [6.07, 6.45) is 0. The van der Waals surface area contributed by atoms with E-state index >= 15 is 0 Å². The Bertz CT molecular complexity index is 599. The van der Waals surface area contributed by atoms with Gasteiger partial charge in [-0.15, -0.1) is 0 Å². The van der Waals surface area contributed by atoms with Gasteiger partial charge in [-0.25, -0.2) is 0 Å². The molecule has 0 aliphatic rings. The predicted octanol–water partition coefficient (Wildman–Crippen LogP) is 4.36. The summed E-state index contributed by atoms with van der Waals surface area (Å²) in [4.78, 5) is 0. The maximum Gasteiger partial charge on any atom is 0.124 e. The van der Waals surface area contributed by atoms with E-state index in [9.17, 15) is 0 Å². The van der Waals surface area contributed by atoms with E-state index in [-0.39, 0.29) is 6.04 Å². The van der Waals surface area contributed by atoms with Crippen molar-refractivity contribution in [1.82, 2.24) is 0 Å². The van der Waals surface area contributed by atoms with Crippen molar-refractivity contribution in [3.8, 4) is 5.75 Å². The molecule has 100 valence electrons. The van der Waals surface area contributed by atoms with Crippen LogP contribution in [0.4, 0.5) is 0 Å². The van der Waals surface area contributed by atoms with Crippen LogP contribution in [-0.4, -0.2) is 7.11 Å². The average molecular weight is 296 g/mol. The fourth-order valence-electron chi connectivity index (χ4n) is 1.96. The summed E-state index contributed by atoms with van der Waals surface area (Å²) < 4.78 is 5.38. The highest BCUT2D eigenvalue weighted by molar-refractivity contribution is 6.42. The van der Waals surface area contributed by atoms with E-state index in [1.54, 1.807) is 19.2 Å². The van der Waals surface area contributed by atoms with Crippen LogP contribution in [0.2, 0.25) is 10.0 Å². The van der Waals surface area contributed by atoms with Gasteiger partial charge >= 0.3 is 0 Å². The van der Waals surface area contributed by atoms with E-state index < -0.39 is 0 Å². The van der Waals surface area contributed by atoms with Gasteiger partial charge in [-0.2, -0.15) is 0 Å². The Hall–Kier alpha value is -1.22. The molecule has 2 aromatic carbocycles. The molecule has 0 saturated heterocycles. The minimum absolute atomic E-state index is 0.301. The maximum absolute atomic E-state index is 6.28. The summed E-state index contributed by atoms with van der Waals surface area (Å²) >= 11 is 11.9. The van der Waals surface area contributed by atoms with Crippen molar-refractivity contribution in [2.75, 3.05) is 7.11 Å². The molecule has 0 amide bonds. The highest BCUT2D eigenvalue weighted by atomic mass is 35.5. The third kappa shape index (κ3) is 3.03. The zero-order chi connectivity index (χ0) is 14.0. The van der Waals surface area contributed by atoms with Gasteiger partial charge in [-0.05, 0) is 36.2 Å². The van der Waals surface area contributed by atoms with Crippen molar-refractivity contribution in [3.63, 3.8) is 0 Å². The Labute approximate surface area is 123 Å². The Balaban J connectivity index is 2.43. The maximum atomic E-state index is 6.28. The summed E-state index contributed by atoms with van der Waals surface area (Å²) in [6.45, 7) is 2.01. The lowest BCUT2D eigenvalue weighted by Crippen LogP contribution is -2.13. The van der Waals surface area contributed by atoms with Crippen molar-refractivity contribution >= 4 is 23.2 Å². The number of ether oxygens (including phenoxy) is 1. The quantitative estimate of drug-likeness (QED) is 0.913. The van der Waals surface area contributed by atoms with Crippen molar-refractivity contribution in [1.29, 1.82) is 0 Å². The van der Waals surface area contributed by atoms with Gasteiger partial charge in [0.05, 0.1) is 23.2 Å². The van der Waals surface area contributed by atoms with Crippen LogP contribution in [0.15, 0.2) is 36.4 Å². The van der Waals surface area contributed by atoms with Crippen LogP contribution in [0.5, 0.6) is 5.75 Å². The van der Waals surface area contributed by atoms with E-state index in [4.69, 9.17) is 33.7 Å². The highest BCUT2D eigenvalue weighted by Gasteiger charge is 2.15. The summed E-state index contributed by atoms with van der Waals surface area (Å²) in [5.74, 6) is 0.776. The summed E-state index contributed by atoms with van der Waals surface area (Å²) in [5.41, 5.74) is 9.23. The number of hydrogen-bond acceptors (Lipinski definition) is 2. The lowest BCUT2D eigenvalue weighted by molar-refractivity contribution is 0.407.